The number of benzene rings is 2. The fraction of sp³-hybridized carbons (Fsp3) is 0.150. The van der Waals surface area contributed by atoms with E-state index in [0.717, 1.165) is 15.8 Å². The van der Waals surface area contributed by atoms with Crippen molar-refractivity contribution in [3.8, 4) is 0 Å². The van der Waals surface area contributed by atoms with E-state index in [4.69, 9.17) is 0 Å². The predicted octanol–water partition coefficient (Wildman–Crippen LogP) is 3.07. The SMILES string of the molecule is Cc1ccc(NC(=O)c2ccc(=O)n(Cc3ccc([N+](=O)[O-])cc3)n2)cc1C. The van der Waals surface area contributed by atoms with Gasteiger partial charge in [0.25, 0.3) is 17.2 Å². The number of anilines is 1. The van der Waals surface area contributed by atoms with Crippen molar-refractivity contribution in [3.05, 3.63) is 97.4 Å². The molecule has 1 N–H and O–H groups in total. The van der Waals surface area contributed by atoms with Gasteiger partial charge in [-0.25, -0.2) is 4.68 Å². The van der Waals surface area contributed by atoms with Crippen molar-refractivity contribution >= 4 is 17.3 Å². The van der Waals surface area contributed by atoms with Crippen LogP contribution in [0.15, 0.2) is 59.4 Å². The number of carbonyl (C=O) groups is 1. The summed E-state index contributed by atoms with van der Waals surface area (Å²) in [6, 6.07) is 14.0. The lowest BCUT2D eigenvalue weighted by Crippen LogP contribution is -2.26. The minimum Gasteiger partial charge on any atom is -0.321 e. The molecular formula is C20H18N4O4. The van der Waals surface area contributed by atoms with Crippen molar-refractivity contribution in [2.45, 2.75) is 20.4 Å². The first-order chi connectivity index (χ1) is 13.3. The highest BCUT2D eigenvalue weighted by Crippen LogP contribution is 2.15. The van der Waals surface area contributed by atoms with Gasteiger partial charge in [-0.15, -0.1) is 0 Å². The van der Waals surface area contributed by atoms with Crippen LogP contribution < -0.4 is 10.9 Å². The monoisotopic (exact) mass is 378 g/mol. The highest BCUT2D eigenvalue weighted by molar-refractivity contribution is 6.02. The number of nitrogens with zero attached hydrogens (tertiary/aromatic N) is 3. The second-order valence-electron chi connectivity index (χ2n) is 6.39. The second-order valence-corrected chi connectivity index (χ2v) is 6.39. The average Bonchev–Trinajstić information content (AvgIpc) is 2.67. The minimum absolute atomic E-state index is 0.0365. The van der Waals surface area contributed by atoms with Crippen molar-refractivity contribution in [2.75, 3.05) is 5.32 Å². The van der Waals surface area contributed by atoms with Gasteiger partial charge in [-0.05, 0) is 48.7 Å². The summed E-state index contributed by atoms with van der Waals surface area (Å²) in [7, 11) is 0. The predicted molar refractivity (Wildman–Crippen MR) is 105 cm³/mol. The summed E-state index contributed by atoms with van der Waals surface area (Å²) in [5.74, 6) is -0.430. The zero-order chi connectivity index (χ0) is 20.3. The number of aromatic nitrogens is 2. The third-order valence-electron chi connectivity index (χ3n) is 4.34. The number of hydrogen-bond donors (Lipinski definition) is 1. The quantitative estimate of drug-likeness (QED) is 0.542. The molecular weight excluding hydrogens is 360 g/mol. The van der Waals surface area contributed by atoms with Crippen LogP contribution in [0.2, 0.25) is 0 Å². The van der Waals surface area contributed by atoms with Gasteiger partial charge in [0, 0.05) is 23.9 Å². The largest absolute Gasteiger partial charge is 0.321 e. The molecule has 2 aromatic carbocycles. The molecule has 8 heteroatoms. The molecule has 1 amide bonds. The van der Waals surface area contributed by atoms with E-state index in [2.05, 4.69) is 10.4 Å². The zero-order valence-electron chi connectivity index (χ0n) is 15.4. The third-order valence-corrected chi connectivity index (χ3v) is 4.34. The van der Waals surface area contributed by atoms with Gasteiger partial charge in [0.2, 0.25) is 0 Å². The van der Waals surface area contributed by atoms with Gasteiger partial charge in [-0.1, -0.05) is 18.2 Å². The Bertz CT molecular complexity index is 1100. The smallest absolute Gasteiger partial charge is 0.276 e. The number of non-ortho nitro benzene ring substituents is 1. The molecule has 0 saturated carbocycles. The first-order valence-corrected chi connectivity index (χ1v) is 8.53. The standard InChI is InChI=1S/C20H18N4O4/c1-13-3-6-16(11-14(13)2)21-20(26)18-9-10-19(25)23(22-18)12-15-4-7-17(8-5-15)24(27)28/h3-11H,12H2,1-2H3,(H,21,26). The molecule has 0 aliphatic heterocycles. The summed E-state index contributed by atoms with van der Waals surface area (Å²) in [5, 5.41) is 17.6. The molecule has 0 bridgehead atoms. The number of hydrogen-bond acceptors (Lipinski definition) is 5. The molecule has 0 saturated heterocycles. The van der Waals surface area contributed by atoms with Gasteiger partial charge in [-0.3, -0.25) is 19.7 Å². The Kier molecular flexibility index (Phi) is 5.30. The maximum absolute atomic E-state index is 12.5. The first kappa shape index (κ1) is 19.0. The van der Waals surface area contributed by atoms with Crippen molar-refractivity contribution < 1.29 is 9.72 Å². The van der Waals surface area contributed by atoms with E-state index in [0.29, 0.717) is 11.3 Å². The van der Waals surface area contributed by atoms with Crippen LogP contribution in [0.1, 0.15) is 27.2 Å². The van der Waals surface area contributed by atoms with Crippen LogP contribution in [0, 0.1) is 24.0 Å². The lowest BCUT2D eigenvalue weighted by atomic mass is 10.1. The molecule has 3 rings (SSSR count). The summed E-state index contributed by atoms with van der Waals surface area (Å²) in [6.07, 6.45) is 0. The number of aryl methyl sites for hydroxylation is 2. The Morgan fingerprint density at radius 1 is 1.07 bits per heavy atom. The molecule has 1 aromatic heterocycles. The van der Waals surface area contributed by atoms with Crippen molar-refractivity contribution in [2.24, 2.45) is 0 Å². The highest BCUT2D eigenvalue weighted by Gasteiger charge is 2.11. The van der Waals surface area contributed by atoms with E-state index in [9.17, 15) is 19.7 Å². The van der Waals surface area contributed by atoms with Crippen LogP contribution >= 0.6 is 0 Å². The number of amides is 1. The lowest BCUT2D eigenvalue weighted by Gasteiger charge is -2.09. The number of carbonyl (C=O) groups excluding carboxylic acids is 1. The van der Waals surface area contributed by atoms with Gasteiger partial charge in [0.1, 0.15) is 5.69 Å². The topological polar surface area (TPSA) is 107 Å². The van der Waals surface area contributed by atoms with E-state index >= 15 is 0 Å². The summed E-state index contributed by atoms with van der Waals surface area (Å²) < 4.78 is 1.15. The molecule has 0 spiro atoms. The molecule has 1 heterocycles. The molecule has 28 heavy (non-hydrogen) atoms. The normalized spacial score (nSPS) is 10.5. The van der Waals surface area contributed by atoms with E-state index < -0.39 is 10.8 Å². The van der Waals surface area contributed by atoms with Crippen molar-refractivity contribution in [3.63, 3.8) is 0 Å². The van der Waals surface area contributed by atoms with Crippen LogP contribution in [0.3, 0.4) is 0 Å². The zero-order valence-corrected chi connectivity index (χ0v) is 15.4. The van der Waals surface area contributed by atoms with Crippen molar-refractivity contribution in [1.29, 1.82) is 0 Å². The summed E-state index contributed by atoms with van der Waals surface area (Å²) >= 11 is 0. The molecule has 0 radical (unpaired) electrons. The average molecular weight is 378 g/mol. The maximum atomic E-state index is 12.5. The maximum Gasteiger partial charge on any atom is 0.276 e. The molecule has 0 fully saturated rings. The summed E-state index contributed by atoms with van der Waals surface area (Å²) in [4.78, 5) is 34.8. The van der Waals surface area contributed by atoms with E-state index in [1.54, 1.807) is 18.2 Å². The highest BCUT2D eigenvalue weighted by atomic mass is 16.6. The van der Waals surface area contributed by atoms with E-state index in [1.165, 1.54) is 24.3 Å². The van der Waals surface area contributed by atoms with Gasteiger partial charge in [-0.2, -0.15) is 5.10 Å². The Balaban J connectivity index is 1.80. The number of nitro benzene ring substituents is 1. The number of rotatable bonds is 5. The lowest BCUT2D eigenvalue weighted by molar-refractivity contribution is -0.384. The Morgan fingerprint density at radius 3 is 2.43 bits per heavy atom. The van der Waals surface area contributed by atoms with Gasteiger partial charge < -0.3 is 5.32 Å². The fourth-order valence-corrected chi connectivity index (χ4v) is 2.59. The van der Waals surface area contributed by atoms with Crippen LogP contribution in [-0.2, 0) is 6.54 Å². The molecule has 0 atom stereocenters. The summed E-state index contributed by atoms with van der Waals surface area (Å²) in [5.41, 5.74) is 3.16. The van der Waals surface area contributed by atoms with Crippen LogP contribution in [0.4, 0.5) is 11.4 Å². The van der Waals surface area contributed by atoms with Crippen LogP contribution in [0.25, 0.3) is 0 Å². The van der Waals surface area contributed by atoms with Crippen LogP contribution in [0.5, 0.6) is 0 Å². The molecule has 3 aromatic rings. The van der Waals surface area contributed by atoms with E-state index in [1.807, 2.05) is 26.0 Å². The third kappa shape index (κ3) is 4.29. The first-order valence-electron chi connectivity index (χ1n) is 8.53. The second kappa shape index (κ2) is 7.83. The van der Waals surface area contributed by atoms with Crippen LogP contribution in [-0.4, -0.2) is 20.6 Å². The molecule has 0 aliphatic rings. The molecule has 0 aliphatic carbocycles. The van der Waals surface area contributed by atoms with Crippen molar-refractivity contribution in [1.82, 2.24) is 9.78 Å². The Labute approximate surface area is 160 Å². The number of nitrogens with one attached hydrogen (secondary N) is 1. The van der Waals surface area contributed by atoms with Gasteiger partial charge >= 0.3 is 0 Å². The summed E-state index contributed by atoms with van der Waals surface area (Å²) in [6.45, 7) is 4.03. The van der Waals surface area contributed by atoms with E-state index in [-0.39, 0.29) is 23.5 Å². The minimum atomic E-state index is -0.494. The molecule has 8 nitrogen and oxygen atoms in total. The Hall–Kier alpha value is -3.81. The molecule has 0 unspecified atom stereocenters. The van der Waals surface area contributed by atoms with Gasteiger partial charge in [0.05, 0.1) is 11.5 Å². The molecule has 142 valence electrons. The van der Waals surface area contributed by atoms with Gasteiger partial charge in [0.15, 0.2) is 0 Å². The number of nitro groups is 1. The fourth-order valence-electron chi connectivity index (χ4n) is 2.59. The Morgan fingerprint density at radius 2 is 1.79 bits per heavy atom.